The molecule has 0 saturated carbocycles. The molecule has 1 aromatic heterocycles. The minimum absolute atomic E-state index is 0.00187. The number of rotatable bonds is 6. The van der Waals surface area contributed by atoms with E-state index in [2.05, 4.69) is 5.32 Å². The van der Waals surface area contributed by atoms with E-state index in [1.807, 2.05) is 0 Å². The first-order valence-electron chi connectivity index (χ1n) is 10.4. The molecule has 4 rings (SSSR count). The molecule has 0 bridgehead atoms. The van der Waals surface area contributed by atoms with Crippen LogP contribution in [0.1, 0.15) is 32.8 Å². The molecule has 0 radical (unpaired) electrons. The first-order valence-corrected chi connectivity index (χ1v) is 12.4. The van der Waals surface area contributed by atoms with Crippen molar-refractivity contribution in [1.29, 1.82) is 0 Å². The van der Waals surface area contributed by atoms with Gasteiger partial charge in [-0.1, -0.05) is 23.7 Å². The van der Waals surface area contributed by atoms with Gasteiger partial charge in [0.25, 0.3) is 17.4 Å². The van der Waals surface area contributed by atoms with Crippen LogP contribution in [0.3, 0.4) is 0 Å². The third-order valence-electron chi connectivity index (χ3n) is 5.76. The summed E-state index contributed by atoms with van der Waals surface area (Å²) in [5, 5.41) is 3.11. The number of hydrogen-bond acceptors (Lipinski definition) is 5. The van der Waals surface area contributed by atoms with Crippen molar-refractivity contribution < 1.29 is 22.4 Å². The Morgan fingerprint density at radius 2 is 1.82 bits per heavy atom. The molecule has 12 heteroatoms. The summed E-state index contributed by atoms with van der Waals surface area (Å²) >= 11 is 5.83. The number of hydrogen-bond donors (Lipinski definition) is 1. The van der Waals surface area contributed by atoms with Crippen LogP contribution in [0.5, 0.6) is 0 Å². The Bertz CT molecular complexity index is 1260. The lowest BCUT2D eigenvalue weighted by Gasteiger charge is -2.31. The molecule has 9 nitrogen and oxygen atoms in total. The molecule has 0 aliphatic carbocycles. The van der Waals surface area contributed by atoms with Crippen LogP contribution >= 0.6 is 11.6 Å². The molecule has 1 N–H and O–H groups in total. The number of amides is 2. The van der Waals surface area contributed by atoms with Crippen LogP contribution in [-0.2, 0) is 23.1 Å². The normalized spacial score (nSPS) is 17.8. The highest BCUT2D eigenvalue weighted by Gasteiger charge is 2.33. The van der Waals surface area contributed by atoms with Crippen LogP contribution in [0, 0.1) is 5.82 Å². The van der Waals surface area contributed by atoms with Gasteiger partial charge in [-0.2, -0.15) is 0 Å². The van der Waals surface area contributed by atoms with E-state index in [4.69, 9.17) is 11.6 Å². The highest BCUT2D eigenvalue weighted by atomic mass is 35.5. The molecule has 1 saturated heterocycles. The fourth-order valence-electron chi connectivity index (χ4n) is 3.97. The SMILES string of the molecule is O=C(NCc1ccc(Cl)cc1)c1cc(F)c2n(c1=O)CCN(CCN1CCCS1(=O)=O)C2=O. The van der Waals surface area contributed by atoms with Crippen molar-refractivity contribution in [2.75, 3.05) is 31.9 Å². The lowest BCUT2D eigenvalue weighted by Crippen LogP contribution is -2.49. The number of aromatic nitrogens is 1. The Hall–Kier alpha value is -2.76. The smallest absolute Gasteiger partial charge is 0.273 e. The van der Waals surface area contributed by atoms with Crippen molar-refractivity contribution in [3.05, 3.63) is 68.3 Å². The van der Waals surface area contributed by atoms with Gasteiger partial charge in [-0.25, -0.2) is 17.1 Å². The fourth-order valence-corrected chi connectivity index (χ4v) is 5.61. The highest BCUT2D eigenvalue weighted by Crippen LogP contribution is 2.18. The van der Waals surface area contributed by atoms with Crippen molar-refractivity contribution in [3.63, 3.8) is 0 Å². The monoisotopic (exact) mass is 496 g/mol. The molecule has 0 atom stereocenters. The summed E-state index contributed by atoms with van der Waals surface area (Å²) in [5.74, 6) is -2.36. The van der Waals surface area contributed by atoms with Gasteiger partial charge < -0.3 is 10.2 Å². The fraction of sp³-hybridized carbons (Fsp3) is 0.381. The first-order chi connectivity index (χ1) is 15.7. The molecule has 2 aliphatic rings. The zero-order valence-corrected chi connectivity index (χ0v) is 19.2. The van der Waals surface area contributed by atoms with Gasteiger partial charge in [0.15, 0.2) is 5.82 Å². The van der Waals surface area contributed by atoms with Crippen molar-refractivity contribution in [2.45, 2.75) is 19.5 Å². The lowest BCUT2D eigenvalue weighted by atomic mass is 10.1. The van der Waals surface area contributed by atoms with E-state index in [1.54, 1.807) is 24.3 Å². The maximum absolute atomic E-state index is 14.9. The van der Waals surface area contributed by atoms with Crippen LogP contribution in [-0.4, -0.2) is 65.9 Å². The van der Waals surface area contributed by atoms with Crippen LogP contribution in [0.2, 0.25) is 5.02 Å². The van der Waals surface area contributed by atoms with Crippen LogP contribution in [0.15, 0.2) is 35.1 Å². The molecule has 2 aromatic rings. The van der Waals surface area contributed by atoms with Crippen molar-refractivity contribution >= 4 is 33.4 Å². The molecule has 0 unspecified atom stereocenters. The quantitative estimate of drug-likeness (QED) is 0.643. The van der Waals surface area contributed by atoms with Gasteiger partial charge in [0.05, 0.1) is 5.75 Å². The Balaban J connectivity index is 1.48. The number of carbonyl (C=O) groups excluding carboxylic acids is 2. The van der Waals surface area contributed by atoms with Crippen LogP contribution in [0.4, 0.5) is 4.39 Å². The van der Waals surface area contributed by atoms with E-state index in [1.165, 1.54) is 9.21 Å². The maximum atomic E-state index is 14.9. The molecule has 2 aliphatic heterocycles. The minimum Gasteiger partial charge on any atom is -0.348 e. The van der Waals surface area contributed by atoms with Gasteiger partial charge in [0.1, 0.15) is 11.3 Å². The topological polar surface area (TPSA) is 109 Å². The minimum atomic E-state index is -3.31. The lowest BCUT2D eigenvalue weighted by molar-refractivity contribution is 0.0683. The van der Waals surface area contributed by atoms with Gasteiger partial charge in [0, 0.05) is 44.3 Å². The van der Waals surface area contributed by atoms with E-state index in [9.17, 15) is 27.2 Å². The number of carbonyl (C=O) groups is 2. The van der Waals surface area contributed by atoms with Crippen LogP contribution < -0.4 is 10.9 Å². The molecular formula is C21H22ClFN4O5S. The van der Waals surface area contributed by atoms with Crippen LogP contribution in [0.25, 0.3) is 0 Å². The second-order valence-electron chi connectivity index (χ2n) is 7.88. The maximum Gasteiger partial charge on any atom is 0.273 e. The van der Waals surface area contributed by atoms with Gasteiger partial charge >= 0.3 is 0 Å². The number of nitrogens with one attached hydrogen (secondary N) is 1. The Kier molecular flexibility index (Phi) is 6.55. The summed E-state index contributed by atoms with van der Waals surface area (Å²) in [6.45, 7) is 0.825. The summed E-state index contributed by atoms with van der Waals surface area (Å²) in [6, 6.07) is 7.52. The second-order valence-corrected chi connectivity index (χ2v) is 10.4. The molecule has 1 aromatic carbocycles. The summed E-state index contributed by atoms with van der Waals surface area (Å²) < 4.78 is 41.0. The van der Waals surface area contributed by atoms with Crippen molar-refractivity contribution in [1.82, 2.24) is 19.1 Å². The highest BCUT2D eigenvalue weighted by molar-refractivity contribution is 7.89. The summed E-state index contributed by atoms with van der Waals surface area (Å²) in [6.07, 6.45) is 0.534. The zero-order valence-electron chi connectivity index (χ0n) is 17.6. The zero-order chi connectivity index (χ0) is 23.8. The average Bonchev–Trinajstić information content (AvgIpc) is 3.12. The number of halogens is 2. The number of benzene rings is 1. The molecule has 1 fully saturated rings. The second kappa shape index (κ2) is 9.24. The third-order valence-corrected chi connectivity index (χ3v) is 7.97. The predicted octanol–water partition coefficient (Wildman–Crippen LogP) is 1.06. The van der Waals surface area contributed by atoms with E-state index < -0.39 is 44.5 Å². The molecule has 33 heavy (non-hydrogen) atoms. The molecule has 2 amide bonds. The molecule has 0 spiro atoms. The van der Waals surface area contributed by atoms with Crippen molar-refractivity contribution in [2.24, 2.45) is 0 Å². The number of pyridine rings is 1. The third kappa shape index (κ3) is 4.80. The number of nitrogens with zero attached hydrogens (tertiary/aromatic N) is 3. The Morgan fingerprint density at radius 1 is 1.09 bits per heavy atom. The molecule has 176 valence electrons. The van der Waals surface area contributed by atoms with E-state index in [0.29, 0.717) is 18.0 Å². The van der Waals surface area contributed by atoms with Gasteiger partial charge in [-0.3, -0.25) is 19.0 Å². The van der Waals surface area contributed by atoms with E-state index >= 15 is 0 Å². The average molecular weight is 497 g/mol. The first kappa shape index (κ1) is 23.4. The largest absolute Gasteiger partial charge is 0.348 e. The van der Waals surface area contributed by atoms with Gasteiger partial charge in [-0.15, -0.1) is 0 Å². The van der Waals surface area contributed by atoms with Gasteiger partial charge in [0.2, 0.25) is 10.0 Å². The Labute approximate surface area is 194 Å². The summed E-state index contributed by atoms with van der Waals surface area (Å²) in [5.41, 5.74) is -0.827. The van der Waals surface area contributed by atoms with Gasteiger partial charge in [-0.05, 0) is 30.2 Å². The molecule has 3 heterocycles. The predicted molar refractivity (Wildman–Crippen MR) is 119 cm³/mol. The van der Waals surface area contributed by atoms with E-state index in [0.717, 1.165) is 16.2 Å². The molecular weight excluding hydrogens is 475 g/mol. The standard InChI is InChI=1S/C21H22ClFN4O5S/c22-15-4-2-14(3-5-15)13-24-19(28)16-12-17(23)18-21(30)25(8-10-27(18)20(16)29)7-9-26-6-1-11-33(26,31)32/h2-5,12H,1,6-11,13H2,(H,24,28). The summed E-state index contributed by atoms with van der Waals surface area (Å²) in [4.78, 5) is 39.5. The van der Waals surface area contributed by atoms with E-state index in [-0.39, 0.29) is 38.5 Å². The number of sulfonamides is 1. The Morgan fingerprint density at radius 3 is 2.48 bits per heavy atom. The number of fused-ring (bicyclic) bond motifs is 1. The summed E-state index contributed by atoms with van der Waals surface area (Å²) in [7, 11) is -3.31. The van der Waals surface area contributed by atoms with Crippen molar-refractivity contribution in [3.8, 4) is 0 Å².